The summed E-state index contributed by atoms with van der Waals surface area (Å²) < 4.78 is 6.54. The second-order valence-electron chi connectivity index (χ2n) is 6.39. The van der Waals surface area contributed by atoms with Crippen LogP contribution in [-0.2, 0) is 13.0 Å². The molecule has 6 nitrogen and oxygen atoms in total. The van der Waals surface area contributed by atoms with Gasteiger partial charge >= 0.3 is 0 Å². The molecule has 4 rings (SSSR count). The third-order valence-corrected chi connectivity index (χ3v) is 5.27. The summed E-state index contributed by atoms with van der Waals surface area (Å²) in [6.07, 6.45) is 0.218. The maximum Gasteiger partial charge on any atom is 0.254 e. The Bertz CT molecular complexity index is 1070. The molecule has 0 radical (unpaired) electrons. The van der Waals surface area contributed by atoms with Crippen molar-refractivity contribution in [2.24, 2.45) is 0 Å². The highest BCUT2D eigenvalue weighted by molar-refractivity contribution is 7.09. The van der Waals surface area contributed by atoms with Gasteiger partial charge in [-0.15, -0.1) is 16.4 Å². The smallest absolute Gasteiger partial charge is 0.254 e. The minimum Gasteiger partial charge on any atom is -0.497 e. The fourth-order valence-corrected chi connectivity index (χ4v) is 3.53. The number of nitrogens with zero attached hydrogens (tertiary/aromatic N) is 3. The molecule has 0 bridgehead atoms. The fraction of sp³-hybridized carbons (Fsp3) is 0.136. The molecule has 0 spiro atoms. The minimum absolute atomic E-state index is 0.154. The first-order chi connectivity index (χ1) is 14.2. The molecule has 29 heavy (non-hydrogen) atoms. The van der Waals surface area contributed by atoms with Gasteiger partial charge in [-0.3, -0.25) is 4.79 Å². The van der Waals surface area contributed by atoms with E-state index in [1.807, 2.05) is 72.1 Å². The number of ether oxygens (including phenoxy) is 1. The van der Waals surface area contributed by atoms with Gasteiger partial charge in [0.1, 0.15) is 5.75 Å². The number of anilines is 1. The lowest BCUT2D eigenvalue weighted by Gasteiger charge is -2.07. The van der Waals surface area contributed by atoms with Gasteiger partial charge in [0.05, 0.1) is 20.1 Å². The number of hydrogen-bond acceptors (Lipinski definition) is 6. The highest BCUT2D eigenvalue weighted by Crippen LogP contribution is 2.20. The van der Waals surface area contributed by atoms with E-state index in [0.29, 0.717) is 18.3 Å². The standard InChI is InChI=1S/C22H20N4O2S/c1-28-18-11-9-16(10-12-18)14-20(27)26-22(23-15-19-8-5-13-29-19)24-21(25-26)17-6-3-2-4-7-17/h2-13H,14-15H2,1H3,(H,23,24,25). The second kappa shape index (κ2) is 8.70. The summed E-state index contributed by atoms with van der Waals surface area (Å²) in [5.74, 6) is 1.56. The molecule has 0 unspecified atom stereocenters. The molecule has 1 N–H and O–H groups in total. The predicted molar refractivity (Wildman–Crippen MR) is 114 cm³/mol. The van der Waals surface area contributed by atoms with E-state index in [1.54, 1.807) is 18.4 Å². The van der Waals surface area contributed by atoms with Crippen LogP contribution >= 0.6 is 11.3 Å². The highest BCUT2D eigenvalue weighted by atomic mass is 32.1. The second-order valence-corrected chi connectivity index (χ2v) is 7.42. The summed E-state index contributed by atoms with van der Waals surface area (Å²) in [4.78, 5) is 18.7. The zero-order valence-electron chi connectivity index (χ0n) is 15.9. The predicted octanol–water partition coefficient (Wildman–Crippen LogP) is 4.51. The number of nitrogens with one attached hydrogen (secondary N) is 1. The van der Waals surface area contributed by atoms with Gasteiger partial charge in [-0.05, 0) is 29.1 Å². The van der Waals surface area contributed by atoms with E-state index in [9.17, 15) is 4.79 Å². The van der Waals surface area contributed by atoms with Crippen molar-refractivity contribution < 1.29 is 9.53 Å². The molecule has 0 saturated heterocycles. The van der Waals surface area contributed by atoms with Crippen LogP contribution in [0.1, 0.15) is 15.2 Å². The summed E-state index contributed by atoms with van der Waals surface area (Å²) in [5, 5.41) is 9.75. The van der Waals surface area contributed by atoms with E-state index in [4.69, 9.17) is 4.74 Å². The molecule has 2 aromatic heterocycles. The first-order valence-corrected chi connectivity index (χ1v) is 10.1. The molecular formula is C22H20N4O2S. The molecule has 0 atom stereocenters. The van der Waals surface area contributed by atoms with Crippen molar-refractivity contribution >= 4 is 23.2 Å². The lowest BCUT2D eigenvalue weighted by molar-refractivity contribution is 0.0901. The van der Waals surface area contributed by atoms with Crippen LogP contribution in [0.25, 0.3) is 11.4 Å². The van der Waals surface area contributed by atoms with E-state index in [1.165, 1.54) is 4.68 Å². The molecule has 0 aliphatic rings. The lowest BCUT2D eigenvalue weighted by Crippen LogP contribution is -2.18. The van der Waals surface area contributed by atoms with Crippen molar-refractivity contribution in [3.05, 3.63) is 82.6 Å². The number of methoxy groups -OCH3 is 1. The maximum atomic E-state index is 13.0. The van der Waals surface area contributed by atoms with E-state index in [-0.39, 0.29) is 12.3 Å². The third-order valence-electron chi connectivity index (χ3n) is 4.39. The van der Waals surface area contributed by atoms with Gasteiger partial charge in [0, 0.05) is 10.4 Å². The summed E-state index contributed by atoms with van der Waals surface area (Å²) in [6.45, 7) is 0.584. The number of carbonyl (C=O) groups is 1. The van der Waals surface area contributed by atoms with Crippen LogP contribution in [0.15, 0.2) is 72.1 Å². The monoisotopic (exact) mass is 404 g/mol. The van der Waals surface area contributed by atoms with Crippen LogP contribution in [0.2, 0.25) is 0 Å². The lowest BCUT2D eigenvalue weighted by atomic mass is 10.1. The first kappa shape index (κ1) is 18.9. The molecular weight excluding hydrogens is 384 g/mol. The minimum atomic E-state index is -0.154. The molecule has 7 heteroatoms. The van der Waals surface area contributed by atoms with Crippen molar-refractivity contribution in [2.75, 3.05) is 12.4 Å². The van der Waals surface area contributed by atoms with Crippen LogP contribution in [0.3, 0.4) is 0 Å². The van der Waals surface area contributed by atoms with Crippen molar-refractivity contribution in [3.8, 4) is 17.1 Å². The largest absolute Gasteiger partial charge is 0.497 e. The molecule has 2 heterocycles. The van der Waals surface area contributed by atoms with E-state index in [2.05, 4.69) is 15.4 Å². The van der Waals surface area contributed by atoms with Crippen LogP contribution < -0.4 is 10.1 Å². The zero-order valence-corrected chi connectivity index (χ0v) is 16.7. The Morgan fingerprint density at radius 3 is 2.55 bits per heavy atom. The number of hydrogen-bond donors (Lipinski definition) is 1. The Morgan fingerprint density at radius 1 is 1.07 bits per heavy atom. The topological polar surface area (TPSA) is 69.0 Å². The summed E-state index contributed by atoms with van der Waals surface area (Å²) in [5.41, 5.74) is 1.75. The SMILES string of the molecule is COc1ccc(CC(=O)n2nc(-c3ccccc3)nc2NCc2cccs2)cc1. The molecule has 0 saturated carbocycles. The van der Waals surface area contributed by atoms with Gasteiger partial charge in [0.25, 0.3) is 5.91 Å². The van der Waals surface area contributed by atoms with E-state index < -0.39 is 0 Å². The molecule has 146 valence electrons. The van der Waals surface area contributed by atoms with Crippen LogP contribution in [-0.4, -0.2) is 27.8 Å². The van der Waals surface area contributed by atoms with Crippen molar-refractivity contribution in [3.63, 3.8) is 0 Å². The fourth-order valence-electron chi connectivity index (χ4n) is 2.88. The van der Waals surface area contributed by atoms with Gasteiger partial charge < -0.3 is 10.1 Å². The molecule has 4 aromatic rings. The molecule has 2 aromatic carbocycles. The third kappa shape index (κ3) is 4.52. The number of carbonyl (C=O) groups excluding carboxylic acids is 1. The average molecular weight is 404 g/mol. The molecule has 0 fully saturated rings. The first-order valence-electron chi connectivity index (χ1n) is 9.18. The molecule has 0 aliphatic carbocycles. The number of benzene rings is 2. The van der Waals surface area contributed by atoms with Crippen molar-refractivity contribution in [2.45, 2.75) is 13.0 Å². The van der Waals surface area contributed by atoms with Gasteiger partial charge in [-0.1, -0.05) is 48.5 Å². The summed E-state index contributed by atoms with van der Waals surface area (Å²) in [6, 6.07) is 21.1. The Morgan fingerprint density at radius 2 is 1.86 bits per heavy atom. The molecule has 0 aliphatic heterocycles. The normalized spacial score (nSPS) is 10.7. The van der Waals surface area contributed by atoms with Crippen LogP contribution in [0.4, 0.5) is 5.95 Å². The Balaban J connectivity index is 1.60. The van der Waals surface area contributed by atoms with Crippen LogP contribution in [0, 0.1) is 0 Å². The van der Waals surface area contributed by atoms with Gasteiger partial charge in [-0.2, -0.15) is 9.67 Å². The highest BCUT2D eigenvalue weighted by Gasteiger charge is 2.17. The zero-order chi connectivity index (χ0) is 20.1. The van der Waals surface area contributed by atoms with Crippen molar-refractivity contribution in [1.29, 1.82) is 0 Å². The Hall–Kier alpha value is -3.45. The maximum absolute atomic E-state index is 13.0. The van der Waals surface area contributed by atoms with Gasteiger partial charge in [0.15, 0.2) is 5.82 Å². The summed E-state index contributed by atoms with van der Waals surface area (Å²) in [7, 11) is 1.62. The number of thiophene rings is 1. The van der Waals surface area contributed by atoms with Crippen LogP contribution in [0.5, 0.6) is 5.75 Å². The number of rotatable bonds is 7. The van der Waals surface area contributed by atoms with E-state index in [0.717, 1.165) is 21.8 Å². The Kier molecular flexibility index (Phi) is 5.67. The Labute approximate surface area is 172 Å². The van der Waals surface area contributed by atoms with Gasteiger partial charge in [0.2, 0.25) is 5.95 Å². The number of aromatic nitrogens is 3. The molecule has 0 amide bonds. The summed E-state index contributed by atoms with van der Waals surface area (Å²) >= 11 is 1.65. The van der Waals surface area contributed by atoms with Gasteiger partial charge in [-0.25, -0.2) is 0 Å². The average Bonchev–Trinajstić information content (AvgIpc) is 3.43. The van der Waals surface area contributed by atoms with E-state index >= 15 is 0 Å². The quantitative estimate of drug-likeness (QED) is 0.491. The van der Waals surface area contributed by atoms with Crippen molar-refractivity contribution in [1.82, 2.24) is 14.8 Å².